The lowest BCUT2D eigenvalue weighted by Gasteiger charge is -2.24. The van der Waals surface area contributed by atoms with E-state index in [1.807, 2.05) is 30.3 Å². The zero-order chi connectivity index (χ0) is 16.9. The number of amides is 1. The van der Waals surface area contributed by atoms with Crippen molar-refractivity contribution >= 4 is 11.6 Å². The highest BCUT2D eigenvalue weighted by molar-refractivity contribution is 5.82. The molecule has 1 unspecified atom stereocenters. The van der Waals surface area contributed by atoms with Gasteiger partial charge >= 0.3 is 0 Å². The van der Waals surface area contributed by atoms with Crippen LogP contribution in [-0.2, 0) is 17.6 Å². The molecule has 0 fully saturated rings. The summed E-state index contributed by atoms with van der Waals surface area (Å²) in [6.45, 7) is 3.24. The number of benzene rings is 2. The van der Waals surface area contributed by atoms with Crippen molar-refractivity contribution in [1.29, 1.82) is 0 Å². The van der Waals surface area contributed by atoms with Gasteiger partial charge in [-0.2, -0.15) is 0 Å². The van der Waals surface area contributed by atoms with E-state index in [-0.39, 0.29) is 5.91 Å². The summed E-state index contributed by atoms with van der Waals surface area (Å²) in [6.07, 6.45) is 1.83. The molecule has 3 rings (SSSR count). The lowest BCUT2D eigenvalue weighted by atomic mass is 10.1. The number of anilines is 1. The predicted molar refractivity (Wildman–Crippen MR) is 96.7 cm³/mol. The molecule has 2 aromatic carbocycles. The minimum Gasteiger partial charge on any atom is -0.497 e. The molecule has 1 heterocycles. The van der Waals surface area contributed by atoms with E-state index in [1.54, 1.807) is 7.11 Å². The average Bonchev–Trinajstić information content (AvgIpc) is 2.91. The summed E-state index contributed by atoms with van der Waals surface area (Å²) in [5.74, 6) is 0.927. The number of carbonyl (C=O) groups is 1. The number of carbonyl (C=O) groups excluding carboxylic acids is 1. The summed E-state index contributed by atoms with van der Waals surface area (Å²) < 4.78 is 5.15. The first-order chi connectivity index (χ1) is 11.7. The van der Waals surface area contributed by atoms with Gasteiger partial charge in [0, 0.05) is 18.3 Å². The minimum absolute atomic E-state index is 0.0760. The summed E-state index contributed by atoms with van der Waals surface area (Å²) in [4.78, 5) is 14.5. The number of nitrogens with one attached hydrogen (secondary N) is 1. The third-order valence-electron chi connectivity index (χ3n) is 4.56. The van der Waals surface area contributed by atoms with Gasteiger partial charge < -0.3 is 15.0 Å². The van der Waals surface area contributed by atoms with Crippen LogP contribution in [0.5, 0.6) is 5.75 Å². The quantitative estimate of drug-likeness (QED) is 0.888. The molecular weight excluding hydrogens is 300 g/mol. The van der Waals surface area contributed by atoms with Crippen LogP contribution in [-0.4, -0.2) is 32.1 Å². The maximum Gasteiger partial charge on any atom is 0.239 e. The van der Waals surface area contributed by atoms with Crippen LogP contribution in [0, 0.1) is 0 Å². The van der Waals surface area contributed by atoms with Crippen molar-refractivity contribution in [2.45, 2.75) is 25.8 Å². The maximum absolute atomic E-state index is 12.3. The van der Waals surface area contributed by atoms with E-state index in [0.717, 1.165) is 18.6 Å². The van der Waals surface area contributed by atoms with Crippen molar-refractivity contribution < 1.29 is 9.53 Å². The lowest BCUT2D eigenvalue weighted by molar-refractivity contribution is -0.119. The van der Waals surface area contributed by atoms with Crippen LogP contribution in [0.4, 0.5) is 5.69 Å². The highest BCUT2D eigenvalue weighted by Crippen LogP contribution is 2.31. The van der Waals surface area contributed by atoms with Gasteiger partial charge in [0.05, 0.1) is 13.7 Å². The fourth-order valence-electron chi connectivity index (χ4n) is 3.22. The van der Waals surface area contributed by atoms with E-state index < -0.39 is 0 Å². The number of hydrogen-bond acceptors (Lipinski definition) is 3. The normalized spacial score (nSPS) is 15.9. The molecule has 0 saturated carbocycles. The Morgan fingerprint density at radius 2 is 1.96 bits per heavy atom. The van der Waals surface area contributed by atoms with Gasteiger partial charge in [-0.05, 0) is 49.1 Å². The molecule has 2 aromatic rings. The summed E-state index contributed by atoms with van der Waals surface area (Å²) in [5.41, 5.74) is 3.71. The molecule has 1 aliphatic heterocycles. The van der Waals surface area contributed by atoms with Crippen LogP contribution >= 0.6 is 0 Å². The van der Waals surface area contributed by atoms with Crippen LogP contribution in [0.2, 0.25) is 0 Å². The lowest BCUT2D eigenvalue weighted by Crippen LogP contribution is -2.40. The number of ether oxygens (including phenoxy) is 1. The van der Waals surface area contributed by atoms with Gasteiger partial charge in [0.1, 0.15) is 5.75 Å². The average molecular weight is 324 g/mol. The van der Waals surface area contributed by atoms with E-state index in [4.69, 9.17) is 4.74 Å². The van der Waals surface area contributed by atoms with Gasteiger partial charge in [-0.1, -0.05) is 30.3 Å². The van der Waals surface area contributed by atoms with Gasteiger partial charge in [-0.3, -0.25) is 4.79 Å². The van der Waals surface area contributed by atoms with Crippen LogP contribution in [0.3, 0.4) is 0 Å². The smallest absolute Gasteiger partial charge is 0.239 e. The topological polar surface area (TPSA) is 41.6 Å². The Labute approximate surface area is 143 Å². The van der Waals surface area contributed by atoms with Crippen LogP contribution < -0.4 is 15.0 Å². The Morgan fingerprint density at radius 1 is 1.21 bits per heavy atom. The first-order valence-electron chi connectivity index (χ1n) is 8.41. The van der Waals surface area contributed by atoms with Gasteiger partial charge in [-0.25, -0.2) is 0 Å². The van der Waals surface area contributed by atoms with Crippen LogP contribution in [0.1, 0.15) is 18.1 Å². The summed E-state index contributed by atoms with van der Waals surface area (Å²) in [5, 5.41) is 3.03. The third-order valence-corrected chi connectivity index (χ3v) is 4.56. The summed E-state index contributed by atoms with van der Waals surface area (Å²) in [6, 6.07) is 16.7. The largest absolute Gasteiger partial charge is 0.497 e. The Hall–Kier alpha value is -2.49. The Bertz CT molecular complexity index is 697. The molecule has 0 aromatic heterocycles. The molecule has 1 aliphatic rings. The standard InChI is InChI=1S/C20H24N2O2/c1-15-13-17-5-3-4-6-19(17)22(15)14-20(23)21-12-11-16-7-9-18(24-2)10-8-16/h3-10,15H,11-14H2,1-2H3,(H,21,23). The highest BCUT2D eigenvalue weighted by Gasteiger charge is 2.26. The number of methoxy groups -OCH3 is 1. The second-order valence-corrected chi connectivity index (χ2v) is 6.26. The molecule has 1 N–H and O–H groups in total. The molecule has 126 valence electrons. The fourth-order valence-corrected chi connectivity index (χ4v) is 3.22. The number of rotatable bonds is 6. The molecule has 4 heteroatoms. The molecule has 0 bridgehead atoms. The van der Waals surface area contributed by atoms with E-state index in [2.05, 4.69) is 35.3 Å². The third kappa shape index (κ3) is 3.70. The van der Waals surface area contributed by atoms with Crippen molar-refractivity contribution in [2.75, 3.05) is 25.1 Å². The zero-order valence-corrected chi connectivity index (χ0v) is 14.3. The van der Waals surface area contributed by atoms with E-state index in [1.165, 1.54) is 16.8 Å². The first kappa shape index (κ1) is 16.4. The van der Waals surface area contributed by atoms with Crippen molar-refractivity contribution in [3.05, 3.63) is 59.7 Å². The summed E-state index contributed by atoms with van der Waals surface area (Å²) in [7, 11) is 1.66. The second kappa shape index (κ2) is 7.39. The maximum atomic E-state index is 12.3. The first-order valence-corrected chi connectivity index (χ1v) is 8.41. The minimum atomic E-state index is 0.0760. The Kier molecular flexibility index (Phi) is 5.04. The van der Waals surface area contributed by atoms with Gasteiger partial charge in [-0.15, -0.1) is 0 Å². The number of para-hydroxylation sites is 1. The summed E-state index contributed by atoms with van der Waals surface area (Å²) >= 11 is 0. The van der Waals surface area contributed by atoms with Crippen molar-refractivity contribution in [1.82, 2.24) is 5.32 Å². The van der Waals surface area contributed by atoms with E-state index >= 15 is 0 Å². The van der Waals surface area contributed by atoms with Crippen molar-refractivity contribution in [3.63, 3.8) is 0 Å². The molecule has 4 nitrogen and oxygen atoms in total. The molecule has 1 atom stereocenters. The molecule has 0 saturated heterocycles. The number of nitrogens with zero attached hydrogens (tertiary/aromatic N) is 1. The van der Waals surface area contributed by atoms with Crippen LogP contribution in [0.15, 0.2) is 48.5 Å². The highest BCUT2D eigenvalue weighted by atomic mass is 16.5. The molecule has 0 aliphatic carbocycles. The molecule has 1 amide bonds. The molecule has 24 heavy (non-hydrogen) atoms. The van der Waals surface area contributed by atoms with Crippen molar-refractivity contribution in [3.8, 4) is 5.75 Å². The van der Waals surface area contributed by atoms with E-state index in [0.29, 0.717) is 19.1 Å². The van der Waals surface area contributed by atoms with Gasteiger partial charge in [0.25, 0.3) is 0 Å². The predicted octanol–water partition coefficient (Wildman–Crippen LogP) is 2.81. The fraction of sp³-hybridized carbons (Fsp3) is 0.350. The second-order valence-electron chi connectivity index (χ2n) is 6.26. The van der Waals surface area contributed by atoms with Gasteiger partial charge in [0.15, 0.2) is 0 Å². The Morgan fingerprint density at radius 3 is 2.71 bits per heavy atom. The van der Waals surface area contributed by atoms with Crippen LogP contribution in [0.25, 0.3) is 0 Å². The van der Waals surface area contributed by atoms with Crippen molar-refractivity contribution in [2.24, 2.45) is 0 Å². The molecule has 0 radical (unpaired) electrons. The van der Waals surface area contributed by atoms with Gasteiger partial charge in [0.2, 0.25) is 5.91 Å². The zero-order valence-electron chi connectivity index (χ0n) is 14.3. The number of fused-ring (bicyclic) bond motifs is 1. The van der Waals surface area contributed by atoms with E-state index in [9.17, 15) is 4.79 Å². The number of hydrogen-bond donors (Lipinski definition) is 1. The Balaban J connectivity index is 1.49. The monoisotopic (exact) mass is 324 g/mol. The molecular formula is C20H24N2O2. The SMILES string of the molecule is COc1ccc(CCNC(=O)CN2c3ccccc3CC2C)cc1. The molecule has 0 spiro atoms.